The predicted molar refractivity (Wildman–Crippen MR) is 73.0 cm³/mol. The van der Waals surface area contributed by atoms with Gasteiger partial charge >= 0.3 is 0 Å². The molecule has 0 saturated heterocycles. The lowest BCUT2D eigenvalue weighted by atomic mass is 10.2. The molecule has 2 rings (SSSR count). The molecule has 3 heteroatoms. The van der Waals surface area contributed by atoms with Crippen LogP contribution in [0.1, 0.15) is 33.2 Å². The summed E-state index contributed by atoms with van der Waals surface area (Å²) in [6, 6.07) is 17.7. The van der Waals surface area contributed by atoms with Gasteiger partial charge in [0.25, 0.3) is 0 Å². The molecule has 0 heterocycles. The number of aldehydes is 1. The van der Waals surface area contributed by atoms with E-state index in [4.69, 9.17) is 5.26 Å². The van der Waals surface area contributed by atoms with Crippen molar-refractivity contribution in [3.63, 3.8) is 0 Å². The average molecular weight is 251 g/mol. The molecular weight excluding hydrogens is 238 g/mol. The van der Waals surface area contributed by atoms with E-state index in [1.807, 2.05) is 36.4 Å². The molecule has 94 valence electrons. The minimum atomic E-state index is 0.121. The summed E-state index contributed by atoms with van der Waals surface area (Å²) in [4.78, 5) is 20.8. The highest BCUT2D eigenvalue weighted by Crippen LogP contribution is 1.99. The quantitative estimate of drug-likeness (QED) is 0.608. The lowest BCUT2D eigenvalue weighted by Crippen LogP contribution is -1.88. The molecule has 19 heavy (non-hydrogen) atoms. The maximum Gasteiger partial charge on any atom is 0.159 e. The van der Waals surface area contributed by atoms with E-state index in [1.165, 1.54) is 0 Å². The lowest BCUT2D eigenvalue weighted by Gasteiger charge is -1.89. The minimum absolute atomic E-state index is 0.121. The summed E-state index contributed by atoms with van der Waals surface area (Å²) >= 11 is 0. The summed E-state index contributed by atoms with van der Waals surface area (Å²) in [5.41, 5.74) is 1.95. The monoisotopic (exact) mass is 251 g/mol. The van der Waals surface area contributed by atoms with Gasteiger partial charge in [-0.25, -0.2) is 0 Å². The summed E-state index contributed by atoms with van der Waals surface area (Å²) < 4.78 is 0. The van der Waals surface area contributed by atoms with E-state index < -0.39 is 0 Å². The molecule has 0 aliphatic rings. The van der Waals surface area contributed by atoms with E-state index in [9.17, 15) is 9.59 Å². The van der Waals surface area contributed by atoms with E-state index in [0.717, 1.165) is 11.8 Å². The van der Waals surface area contributed by atoms with Crippen molar-refractivity contribution in [1.82, 2.24) is 0 Å². The van der Waals surface area contributed by atoms with Crippen LogP contribution >= 0.6 is 0 Å². The molecule has 0 fully saturated rings. The van der Waals surface area contributed by atoms with Crippen LogP contribution in [0.4, 0.5) is 0 Å². The van der Waals surface area contributed by atoms with Crippen molar-refractivity contribution in [2.24, 2.45) is 0 Å². The molecule has 0 bridgehead atoms. The highest BCUT2D eigenvalue weighted by atomic mass is 16.1. The van der Waals surface area contributed by atoms with Gasteiger partial charge < -0.3 is 0 Å². The first-order valence-electron chi connectivity index (χ1n) is 5.68. The van der Waals surface area contributed by atoms with Crippen LogP contribution in [0.2, 0.25) is 0 Å². The van der Waals surface area contributed by atoms with E-state index >= 15 is 0 Å². The van der Waals surface area contributed by atoms with Crippen molar-refractivity contribution >= 4 is 12.1 Å². The van der Waals surface area contributed by atoms with Gasteiger partial charge in [-0.3, -0.25) is 9.59 Å². The predicted octanol–water partition coefficient (Wildman–Crippen LogP) is 3.26. The second kappa shape index (κ2) is 7.57. The molecule has 0 amide bonds. The maximum atomic E-state index is 10.6. The van der Waals surface area contributed by atoms with Crippen LogP contribution in [-0.2, 0) is 0 Å². The second-order valence-electron chi connectivity index (χ2n) is 3.77. The zero-order valence-electron chi connectivity index (χ0n) is 10.5. The van der Waals surface area contributed by atoms with Gasteiger partial charge in [-0.1, -0.05) is 42.5 Å². The van der Waals surface area contributed by atoms with Crippen LogP contribution in [0.5, 0.6) is 0 Å². The minimum Gasteiger partial charge on any atom is -0.298 e. The van der Waals surface area contributed by atoms with E-state index in [2.05, 4.69) is 0 Å². The Morgan fingerprint density at radius 1 is 1.05 bits per heavy atom. The Labute approximate surface area is 112 Å². The standard InChI is InChI=1S/C8H5NO.C8H8O/c9-5-7-1-3-8(6-10)4-2-7;1-7(9)8-5-3-2-4-6-8/h1-4,6H;2-6H,1H3. The van der Waals surface area contributed by atoms with Crippen molar-refractivity contribution < 1.29 is 9.59 Å². The van der Waals surface area contributed by atoms with Gasteiger partial charge in [0.1, 0.15) is 6.29 Å². The van der Waals surface area contributed by atoms with Gasteiger partial charge in [0.05, 0.1) is 11.6 Å². The third-order valence-electron chi connectivity index (χ3n) is 2.36. The number of benzene rings is 2. The fourth-order valence-corrected chi connectivity index (χ4v) is 1.31. The summed E-state index contributed by atoms with van der Waals surface area (Å²) in [7, 11) is 0. The summed E-state index contributed by atoms with van der Waals surface area (Å²) in [6.07, 6.45) is 0.751. The van der Waals surface area contributed by atoms with Crippen LogP contribution in [0.3, 0.4) is 0 Å². The SMILES string of the molecule is CC(=O)c1ccccc1.N#Cc1ccc(C=O)cc1. The smallest absolute Gasteiger partial charge is 0.159 e. The maximum absolute atomic E-state index is 10.6. The van der Waals surface area contributed by atoms with Crippen molar-refractivity contribution in [3.8, 4) is 6.07 Å². The molecular formula is C16H13NO2. The molecule has 0 unspecified atom stereocenters. The van der Waals surface area contributed by atoms with Crippen molar-refractivity contribution in [1.29, 1.82) is 5.26 Å². The van der Waals surface area contributed by atoms with Crippen LogP contribution in [0, 0.1) is 11.3 Å². The van der Waals surface area contributed by atoms with Crippen LogP contribution in [0.25, 0.3) is 0 Å². The first-order chi connectivity index (χ1) is 9.17. The highest BCUT2D eigenvalue weighted by Gasteiger charge is 1.92. The Bertz CT molecular complexity index is 580. The van der Waals surface area contributed by atoms with E-state index in [-0.39, 0.29) is 5.78 Å². The number of carbonyl (C=O) groups is 2. The molecule has 0 aromatic heterocycles. The number of Topliss-reactive ketones (excluding diaryl/α,β-unsaturated/α-hetero) is 1. The molecule has 0 spiro atoms. The number of nitriles is 1. The van der Waals surface area contributed by atoms with Gasteiger partial charge in [-0.2, -0.15) is 5.26 Å². The zero-order valence-corrected chi connectivity index (χ0v) is 10.5. The number of carbonyl (C=O) groups excluding carboxylic acids is 2. The Morgan fingerprint density at radius 3 is 2.00 bits per heavy atom. The van der Waals surface area contributed by atoms with Gasteiger partial charge in [0.15, 0.2) is 5.78 Å². The Balaban J connectivity index is 0.000000191. The van der Waals surface area contributed by atoms with Crippen molar-refractivity contribution in [3.05, 3.63) is 71.3 Å². The highest BCUT2D eigenvalue weighted by molar-refractivity contribution is 5.93. The molecule has 2 aromatic rings. The Hall–Kier alpha value is -2.73. The number of ketones is 1. The molecule has 3 nitrogen and oxygen atoms in total. The van der Waals surface area contributed by atoms with E-state index in [1.54, 1.807) is 31.2 Å². The van der Waals surface area contributed by atoms with Crippen LogP contribution < -0.4 is 0 Å². The van der Waals surface area contributed by atoms with Crippen LogP contribution in [0.15, 0.2) is 54.6 Å². The van der Waals surface area contributed by atoms with Gasteiger partial charge in [-0.15, -0.1) is 0 Å². The number of hydrogen-bond donors (Lipinski definition) is 0. The van der Waals surface area contributed by atoms with Crippen LogP contribution in [-0.4, -0.2) is 12.1 Å². The third kappa shape index (κ3) is 4.97. The van der Waals surface area contributed by atoms with Gasteiger partial charge in [0, 0.05) is 11.1 Å². The lowest BCUT2D eigenvalue weighted by molar-refractivity contribution is 0.101. The third-order valence-corrected chi connectivity index (χ3v) is 2.36. The van der Waals surface area contributed by atoms with Gasteiger partial charge in [-0.05, 0) is 19.1 Å². The van der Waals surface area contributed by atoms with Crippen molar-refractivity contribution in [2.45, 2.75) is 6.92 Å². The summed E-state index contributed by atoms with van der Waals surface area (Å²) in [5, 5.41) is 8.36. The molecule has 0 aliphatic heterocycles. The number of hydrogen-bond acceptors (Lipinski definition) is 3. The molecule has 0 aliphatic carbocycles. The molecule has 0 N–H and O–H groups in total. The largest absolute Gasteiger partial charge is 0.298 e. The fourth-order valence-electron chi connectivity index (χ4n) is 1.31. The Kier molecular flexibility index (Phi) is 5.71. The van der Waals surface area contributed by atoms with Crippen molar-refractivity contribution in [2.75, 3.05) is 0 Å². The molecule has 0 saturated carbocycles. The first kappa shape index (κ1) is 14.3. The zero-order chi connectivity index (χ0) is 14.1. The van der Waals surface area contributed by atoms with E-state index in [0.29, 0.717) is 11.1 Å². The Morgan fingerprint density at radius 2 is 1.63 bits per heavy atom. The average Bonchev–Trinajstić information content (AvgIpc) is 2.49. The molecule has 0 radical (unpaired) electrons. The molecule has 0 atom stereocenters. The molecule has 2 aromatic carbocycles. The fraction of sp³-hybridized carbons (Fsp3) is 0.0625. The van der Waals surface area contributed by atoms with Gasteiger partial charge in [0.2, 0.25) is 0 Å². The summed E-state index contributed by atoms with van der Waals surface area (Å²) in [6.45, 7) is 1.56. The summed E-state index contributed by atoms with van der Waals surface area (Å²) in [5.74, 6) is 0.121. The second-order valence-corrected chi connectivity index (χ2v) is 3.77. The number of rotatable bonds is 2. The normalized spacial score (nSPS) is 8.63. The topological polar surface area (TPSA) is 57.9 Å². The first-order valence-corrected chi connectivity index (χ1v) is 5.68. The number of nitrogens with zero attached hydrogens (tertiary/aromatic N) is 1.